The first-order chi connectivity index (χ1) is 7.65. The molecule has 0 radical (unpaired) electrons. The molecule has 2 heteroatoms. The van der Waals surface area contributed by atoms with Crippen LogP contribution in [0.1, 0.15) is 31.7 Å². The Bertz CT molecular complexity index is 348. The van der Waals surface area contributed by atoms with Gasteiger partial charge in [0.1, 0.15) is 0 Å². The van der Waals surface area contributed by atoms with E-state index >= 15 is 0 Å². The number of alkyl halides is 1. The van der Waals surface area contributed by atoms with Crippen LogP contribution in [0.25, 0.3) is 0 Å². The first-order valence-electron chi connectivity index (χ1n) is 6.03. The maximum absolute atomic E-state index is 6.40. The van der Waals surface area contributed by atoms with Crippen LogP contribution in [-0.2, 0) is 6.42 Å². The number of rotatable bonds is 2. The normalized spacial score (nSPS) is 30.3. The molecule has 3 atom stereocenters. The molecular weight excluding hydrogens is 239 g/mol. The molecule has 88 valence electrons. The highest BCUT2D eigenvalue weighted by Gasteiger charge is 2.27. The van der Waals surface area contributed by atoms with Crippen LogP contribution in [0.4, 0.5) is 0 Å². The van der Waals surface area contributed by atoms with Crippen molar-refractivity contribution in [3.8, 4) is 0 Å². The topological polar surface area (TPSA) is 0 Å². The molecule has 0 amide bonds. The Morgan fingerprint density at radius 3 is 2.88 bits per heavy atom. The van der Waals surface area contributed by atoms with Crippen molar-refractivity contribution in [1.82, 2.24) is 0 Å². The van der Waals surface area contributed by atoms with Gasteiger partial charge in [-0.2, -0.15) is 0 Å². The molecule has 0 bridgehead atoms. The van der Waals surface area contributed by atoms with Crippen molar-refractivity contribution < 1.29 is 0 Å². The fourth-order valence-corrected chi connectivity index (χ4v) is 3.17. The van der Waals surface area contributed by atoms with E-state index in [9.17, 15) is 0 Å². The molecule has 1 aromatic carbocycles. The van der Waals surface area contributed by atoms with Crippen LogP contribution >= 0.6 is 23.2 Å². The summed E-state index contributed by atoms with van der Waals surface area (Å²) in [6.45, 7) is 2.33. The van der Waals surface area contributed by atoms with Crippen LogP contribution < -0.4 is 0 Å². The SMILES string of the molecule is CC1CCC(Cl)C(Cc2cccc(Cl)c2)C1. The van der Waals surface area contributed by atoms with E-state index in [2.05, 4.69) is 19.1 Å². The van der Waals surface area contributed by atoms with Gasteiger partial charge in [-0.05, 0) is 55.2 Å². The molecule has 0 aromatic heterocycles. The van der Waals surface area contributed by atoms with Crippen LogP contribution in [0.5, 0.6) is 0 Å². The Morgan fingerprint density at radius 2 is 2.12 bits per heavy atom. The van der Waals surface area contributed by atoms with Crippen molar-refractivity contribution in [2.24, 2.45) is 11.8 Å². The van der Waals surface area contributed by atoms with Gasteiger partial charge in [0, 0.05) is 10.4 Å². The van der Waals surface area contributed by atoms with Gasteiger partial charge >= 0.3 is 0 Å². The monoisotopic (exact) mass is 256 g/mol. The van der Waals surface area contributed by atoms with E-state index < -0.39 is 0 Å². The van der Waals surface area contributed by atoms with Crippen LogP contribution in [0.2, 0.25) is 5.02 Å². The zero-order valence-corrected chi connectivity index (χ0v) is 11.1. The van der Waals surface area contributed by atoms with Crippen molar-refractivity contribution in [3.05, 3.63) is 34.9 Å². The molecule has 3 unspecified atom stereocenters. The summed E-state index contributed by atoms with van der Waals surface area (Å²) < 4.78 is 0. The first-order valence-corrected chi connectivity index (χ1v) is 6.85. The highest BCUT2D eigenvalue weighted by atomic mass is 35.5. The minimum Gasteiger partial charge on any atom is -0.123 e. The Balaban J connectivity index is 2.02. The number of benzene rings is 1. The molecule has 1 aliphatic carbocycles. The van der Waals surface area contributed by atoms with E-state index in [-0.39, 0.29) is 0 Å². The summed E-state index contributed by atoms with van der Waals surface area (Å²) in [6, 6.07) is 8.15. The van der Waals surface area contributed by atoms with E-state index in [0.717, 1.165) is 23.8 Å². The molecule has 1 aliphatic rings. The lowest BCUT2D eigenvalue weighted by Crippen LogP contribution is -2.25. The van der Waals surface area contributed by atoms with Crippen molar-refractivity contribution in [2.45, 2.75) is 38.0 Å². The van der Waals surface area contributed by atoms with Gasteiger partial charge in [0.15, 0.2) is 0 Å². The highest BCUT2D eigenvalue weighted by Crippen LogP contribution is 2.34. The van der Waals surface area contributed by atoms with E-state index in [0.29, 0.717) is 11.3 Å². The first kappa shape index (κ1) is 12.3. The quantitative estimate of drug-likeness (QED) is 0.659. The van der Waals surface area contributed by atoms with E-state index in [1.165, 1.54) is 18.4 Å². The van der Waals surface area contributed by atoms with Gasteiger partial charge < -0.3 is 0 Å². The van der Waals surface area contributed by atoms with Crippen LogP contribution in [-0.4, -0.2) is 5.38 Å². The van der Waals surface area contributed by atoms with E-state index in [4.69, 9.17) is 23.2 Å². The summed E-state index contributed by atoms with van der Waals surface area (Å²) in [5.74, 6) is 1.43. The van der Waals surface area contributed by atoms with Crippen molar-refractivity contribution in [1.29, 1.82) is 0 Å². The molecular formula is C14H18Cl2. The molecule has 2 rings (SSSR count). The van der Waals surface area contributed by atoms with Crippen molar-refractivity contribution in [3.63, 3.8) is 0 Å². The molecule has 0 saturated heterocycles. The summed E-state index contributed by atoms with van der Waals surface area (Å²) in [5, 5.41) is 1.17. The predicted molar refractivity (Wildman–Crippen MR) is 71.3 cm³/mol. The molecule has 1 saturated carbocycles. The second-order valence-electron chi connectivity index (χ2n) is 5.03. The Kier molecular flexibility index (Phi) is 4.16. The standard InChI is InChI=1S/C14H18Cl2/c1-10-5-6-14(16)12(7-10)8-11-3-2-4-13(15)9-11/h2-4,9-10,12,14H,5-8H2,1H3. The van der Waals surface area contributed by atoms with Gasteiger partial charge in [0.25, 0.3) is 0 Å². The lowest BCUT2D eigenvalue weighted by atomic mass is 9.79. The second-order valence-corrected chi connectivity index (χ2v) is 6.03. The minimum absolute atomic E-state index is 0.343. The third-order valence-electron chi connectivity index (χ3n) is 3.54. The summed E-state index contributed by atoms with van der Waals surface area (Å²) in [6.07, 6.45) is 4.76. The highest BCUT2D eigenvalue weighted by molar-refractivity contribution is 6.30. The number of hydrogen-bond acceptors (Lipinski definition) is 0. The van der Waals surface area contributed by atoms with Gasteiger partial charge in [-0.25, -0.2) is 0 Å². The van der Waals surface area contributed by atoms with Gasteiger partial charge in [0.2, 0.25) is 0 Å². The van der Waals surface area contributed by atoms with Gasteiger partial charge in [-0.15, -0.1) is 11.6 Å². The third kappa shape index (κ3) is 3.15. The molecule has 0 heterocycles. The molecule has 0 spiro atoms. The Morgan fingerprint density at radius 1 is 1.31 bits per heavy atom. The number of hydrogen-bond donors (Lipinski definition) is 0. The minimum atomic E-state index is 0.343. The predicted octanol–water partition coefficient (Wildman–Crippen LogP) is 4.93. The number of halogens is 2. The van der Waals surface area contributed by atoms with Gasteiger partial charge in [0.05, 0.1) is 0 Å². The molecule has 0 aliphatic heterocycles. The maximum Gasteiger partial charge on any atom is 0.0408 e. The van der Waals surface area contributed by atoms with Crippen molar-refractivity contribution in [2.75, 3.05) is 0 Å². The molecule has 1 fully saturated rings. The largest absolute Gasteiger partial charge is 0.123 e. The third-order valence-corrected chi connectivity index (χ3v) is 4.35. The smallest absolute Gasteiger partial charge is 0.0408 e. The fourth-order valence-electron chi connectivity index (χ4n) is 2.64. The second kappa shape index (κ2) is 5.42. The van der Waals surface area contributed by atoms with Crippen LogP contribution in [0.3, 0.4) is 0 Å². The van der Waals surface area contributed by atoms with Gasteiger partial charge in [-0.3, -0.25) is 0 Å². The van der Waals surface area contributed by atoms with Crippen LogP contribution in [0, 0.1) is 11.8 Å². The fraction of sp³-hybridized carbons (Fsp3) is 0.571. The zero-order chi connectivity index (χ0) is 11.5. The maximum atomic E-state index is 6.40. The summed E-state index contributed by atoms with van der Waals surface area (Å²) in [5.41, 5.74) is 1.32. The summed E-state index contributed by atoms with van der Waals surface area (Å²) in [7, 11) is 0. The Labute approximate surface area is 108 Å². The van der Waals surface area contributed by atoms with E-state index in [1.54, 1.807) is 0 Å². The van der Waals surface area contributed by atoms with Gasteiger partial charge in [-0.1, -0.05) is 30.7 Å². The lowest BCUT2D eigenvalue weighted by molar-refractivity contribution is 0.287. The summed E-state index contributed by atoms with van der Waals surface area (Å²) in [4.78, 5) is 0. The molecule has 0 N–H and O–H groups in total. The molecule has 16 heavy (non-hydrogen) atoms. The summed E-state index contributed by atoms with van der Waals surface area (Å²) >= 11 is 12.4. The zero-order valence-electron chi connectivity index (χ0n) is 9.63. The van der Waals surface area contributed by atoms with Crippen molar-refractivity contribution >= 4 is 23.2 Å². The van der Waals surface area contributed by atoms with Crippen LogP contribution in [0.15, 0.2) is 24.3 Å². The average molecular weight is 257 g/mol. The lowest BCUT2D eigenvalue weighted by Gasteiger charge is -2.31. The van der Waals surface area contributed by atoms with E-state index in [1.807, 2.05) is 12.1 Å². The average Bonchev–Trinajstić information content (AvgIpc) is 2.24. The molecule has 0 nitrogen and oxygen atoms in total. The Hall–Kier alpha value is -0.200. The molecule has 1 aromatic rings.